The van der Waals surface area contributed by atoms with Gasteiger partial charge in [0.1, 0.15) is 12.4 Å². The number of amides is 2. The smallest absolute Gasteiger partial charge is 0.227 e. The molecule has 0 aromatic heterocycles. The lowest BCUT2D eigenvalue weighted by Gasteiger charge is -2.25. The van der Waals surface area contributed by atoms with Crippen molar-refractivity contribution in [1.29, 1.82) is 0 Å². The molecule has 1 heterocycles. The number of fused-ring (bicyclic) bond motifs is 1. The molecule has 1 aliphatic rings. The van der Waals surface area contributed by atoms with Crippen LogP contribution < -0.4 is 15.4 Å². The van der Waals surface area contributed by atoms with Gasteiger partial charge in [0.25, 0.3) is 0 Å². The van der Waals surface area contributed by atoms with Crippen LogP contribution in [0.2, 0.25) is 0 Å². The average Bonchev–Trinajstić information content (AvgIpc) is 2.59. The number of hydrogen-bond donors (Lipinski definition) is 2. The molecule has 0 bridgehead atoms. The first-order valence-corrected chi connectivity index (χ1v) is 8.38. The minimum Gasteiger partial charge on any atom is -0.492 e. The zero-order valence-electron chi connectivity index (χ0n) is 14.5. The summed E-state index contributed by atoms with van der Waals surface area (Å²) in [5.74, 6) is 0.407. The van der Waals surface area contributed by atoms with Crippen LogP contribution in [-0.4, -0.2) is 18.4 Å². The molecule has 0 spiro atoms. The highest BCUT2D eigenvalue weighted by atomic mass is 16.5. The summed E-state index contributed by atoms with van der Waals surface area (Å²) in [5.41, 5.74) is 3.93. The van der Waals surface area contributed by atoms with Crippen LogP contribution in [0.15, 0.2) is 42.5 Å². The molecule has 0 fully saturated rings. The Morgan fingerprint density at radius 3 is 2.76 bits per heavy atom. The number of nitrogens with one attached hydrogen (secondary N) is 2. The third-order valence-corrected chi connectivity index (χ3v) is 4.37. The fraction of sp³-hybridized carbons (Fsp3) is 0.300. The van der Waals surface area contributed by atoms with Gasteiger partial charge in [-0.2, -0.15) is 0 Å². The van der Waals surface area contributed by atoms with Crippen molar-refractivity contribution in [2.75, 3.05) is 11.9 Å². The lowest BCUT2D eigenvalue weighted by molar-refractivity contribution is -0.126. The zero-order chi connectivity index (χ0) is 17.8. The second kappa shape index (κ2) is 7.38. The number of hydrogen-bond acceptors (Lipinski definition) is 3. The van der Waals surface area contributed by atoms with E-state index in [1.807, 2.05) is 43.3 Å². The summed E-state index contributed by atoms with van der Waals surface area (Å²) in [5, 5.41) is 5.76. The second-order valence-electron chi connectivity index (χ2n) is 6.36. The topological polar surface area (TPSA) is 67.4 Å². The van der Waals surface area contributed by atoms with E-state index in [0.717, 1.165) is 28.1 Å². The molecule has 0 radical (unpaired) electrons. The second-order valence-corrected chi connectivity index (χ2v) is 6.36. The molecule has 0 saturated carbocycles. The first-order chi connectivity index (χ1) is 12.0. The molecule has 130 valence electrons. The molecule has 5 nitrogen and oxygen atoms in total. The molecule has 2 aromatic carbocycles. The van der Waals surface area contributed by atoms with Gasteiger partial charge in [0.05, 0.1) is 5.92 Å². The van der Waals surface area contributed by atoms with E-state index < -0.39 is 0 Å². The van der Waals surface area contributed by atoms with Crippen molar-refractivity contribution in [3.05, 3.63) is 59.2 Å². The molecular weight excluding hydrogens is 316 g/mol. The monoisotopic (exact) mass is 338 g/mol. The van der Waals surface area contributed by atoms with Gasteiger partial charge < -0.3 is 15.4 Å². The van der Waals surface area contributed by atoms with Crippen molar-refractivity contribution >= 4 is 17.5 Å². The molecular formula is C20H22N2O3. The number of benzene rings is 2. The standard InChI is InChI=1S/C20H22N2O3/c1-13-5-3-4-6-15(13)11-21-20(24)17-9-16-10-18(22-14(2)23)7-8-19(16)25-12-17/h3-8,10,17H,9,11-12H2,1-2H3,(H,21,24)(H,22,23). The van der Waals surface area contributed by atoms with Gasteiger partial charge in [0, 0.05) is 19.2 Å². The predicted octanol–water partition coefficient (Wildman–Crippen LogP) is 2.82. The molecule has 2 amide bonds. The van der Waals surface area contributed by atoms with Gasteiger partial charge in [-0.05, 0) is 48.2 Å². The fourth-order valence-electron chi connectivity index (χ4n) is 2.98. The first kappa shape index (κ1) is 17.0. The lowest BCUT2D eigenvalue weighted by atomic mass is 9.95. The van der Waals surface area contributed by atoms with Crippen LogP contribution in [-0.2, 0) is 22.6 Å². The van der Waals surface area contributed by atoms with Crippen LogP contribution in [0, 0.1) is 12.8 Å². The third kappa shape index (κ3) is 4.18. The number of carbonyl (C=O) groups is 2. The molecule has 0 aliphatic carbocycles. The normalized spacial score (nSPS) is 15.7. The van der Waals surface area contributed by atoms with Crippen LogP contribution in [0.25, 0.3) is 0 Å². The first-order valence-electron chi connectivity index (χ1n) is 8.38. The van der Waals surface area contributed by atoms with Crippen LogP contribution in [0.5, 0.6) is 5.75 Å². The minimum atomic E-state index is -0.232. The Morgan fingerprint density at radius 1 is 1.20 bits per heavy atom. The van der Waals surface area contributed by atoms with E-state index in [-0.39, 0.29) is 17.7 Å². The maximum atomic E-state index is 12.5. The molecule has 1 unspecified atom stereocenters. The van der Waals surface area contributed by atoms with E-state index in [1.165, 1.54) is 6.92 Å². The number of aryl methyl sites for hydroxylation is 1. The highest BCUT2D eigenvalue weighted by Gasteiger charge is 2.26. The number of anilines is 1. The molecule has 0 saturated heterocycles. The zero-order valence-corrected chi connectivity index (χ0v) is 14.5. The van der Waals surface area contributed by atoms with Gasteiger partial charge in [-0.1, -0.05) is 24.3 Å². The summed E-state index contributed by atoms with van der Waals surface area (Å²) in [4.78, 5) is 23.7. The van der Waals surface area contributed by atoms with Gasteiger partial charge >= 0.3 is 0 Å². The highest BCUT2D eigenvalue weighted by molar-refractivity contribution is 5.89. The Bertz CT molecular complexity index is 801. The van der Waals surface area contributed by atoms with Crippen molar-refractivity contribution in [3.63, 3.8) is 0 Å². The van der Waals surface area contributed by atoms with Gasteiger partial charge in [0.2, 0.25) is 11.8 Å². The number of rotatable bonds is 4. The highest BCUT2D eigenvalue weighted by Crippen LogP contribution is 2.30. The van der Waals surface area contributed by atoms with Crippen molar-refractivity contribution in [1.82, 2.24) is 5.32 Å². The Hall–Kier alpha value is -2.82. The lowest BCUT2D eigenvalue weighted by Crippen LogP contribution is -2.37. The Labute approximate surface area is 147 Å². The fourth-order valence-corrected chi connectivity index (χ4v) is 2.98. The van der Waals surface area contributed by atoms with Gasteiger partial charge in [-0.15, -0.1) is 0 Å². The largest absolute Gasteiger partial charge is 0.492 e. The van der Waals surface area contributed by atoms with Gasteiger partial charge in [0.15, 0.2) is 0 Å². The van der Waals surface area contributed by atoms with E-state index in [9.17, 15) is 9.59 Å². The van der Waals surface area contributed by atoms with Crippen molar-refractivity contribution in [3.8, 4) is 5.75 Å². The van der Waals surface area contributed by atoms with Crippen molar-refractivity contribution in [2.24, 2.45) is 5.92 Å². The van der Waals surface area contributed by atoms with Crippen LogP contribution in [0.4, 0.5) is 5.69 Å². The molecule has 2 aromatic rings. The summed E-state index contributed by atoms with van der Waals surface area (Å²) in [6, 6.07) is 13.5. The summed E-state index contributed by atoms with van der Waals surface area (Å²) in [6.45, 7) is 4.38. The molecule has 5 heteroatoms. The maximum absolute atomic E-state index is 12.5. The number of ether oxygens (including phenoxy) is 1. The Balaban J connectivity index is 1.64. The average molecular weight is 338 g/mol. The van der Waals surface area contributed by atoms with E-state index in [0.29, 0.717) is 19.6 Å². The summed E-state index contributed by atoms with van der Waals surface area (Å²) < 4.78 is 5.72. The molecule has 3 rings (SSSR count). The quantitative estimate of drug-likeness (QED) is 0.901. The van der Waals surface area contributed by atoms with Crippen LogP contribution in [0.3, 0.4) is 0 Å². The summed E-state index contributed by atoms with van der Waals surface area (Å²) in [6.07, 6.45) is 0.600. The number of carbonyl (C=O) groups excluding carboxylic acids is 2. The van der Waals surface area contributed by atoms with Crippen LogP contribution >= 0.6 is 0 Å². The maximum Gasteiger partial charge on any atom is 0.227 e. The van der Waals surface area contributed by atoms with E-state index in [1.54, 1.807) is 6.07 Å². The van der Waals surface area contributed by atoms with E-state index in [2.05, 4.69) is 10.6 Å². The Morgan fingerprint density at radius 2 is 2.00 bits per heavy atom. The third-order valence-electron chi connectivity index (χ3n) is 4.37. The summed E-state index contributed by atoms with van der Waals surface area (Å²) in [7, 11) is 0. The molecule has 1 atom stereocenters. The van der Waals surface area contributed by atoms with E-state index in [4.69, 9.17) is 4.74 Å². The van der Waals surface area contributed by atoms with Gasteiger partial charge in [-0.25, -0.2) is 0 Å². The molecule has 2 N–H and O–H groups in total. The van der Waals surface area contributed by atoms with Crippen LogP contribution in [0.1, 0.15) is 23.6 Å². The Kier molecular flexibility index (Phi) is 5.03. The van der Waals surface area contributed by atoms with Crippen molar-refractivity contribution < 1.29 is 14.3 Å². The SMILES string of the molecule is CC(=O)Nc1ccc2c(c1)CC(C(=O)NCc1ccccc1C)CO2. The molecule has 1 aliphatic heterocycles. The summed E-state index contributed by atoms with van der Waals surface area (Å²) >= 11 is 0. The predicted molar refractivity (Wildman–Crippen MR) is 96.5 cm³/mol. The van der Waals surface area contributed by atoms with E-state index >= 15 is 0 Å². The molecule has 25 heavy (non-hydrogen) atoms. The van der Waals surface area contributed by atoms with Crippen molar-refractivity contribution in [2.45, 2.75) is 26.8 Å². The minimum absolute atomic E-state index is 0.0150. The van der Waals surface area contributed by atoms with Gasteiger partial charge in [-0.3, -0.25) is 9.59 Å².